The fraction of sp³-hybridized carbons (Fsp3) is 0.118. The molecule has 0 radical (unpaired) electrons. The van der Waals surface area contributed by atoms with Crippen molar-refractivity contribution in [3.63, 3.8) is 0 Å². The number of nitro groups is 1. The predicted octanol–water partition coefficient (Wildman–Crippen LogP) is 3.91. The average Bonchev–Trinajstić information content (AvgIpc) is 2.61. The number of anilines is 1. The molecule has 1 aliphatic heterocycles. The zero-order chi connectivity index (χ0) is 18.7. The summed E-state index contributed by atoms with van der Waals surface area (Å²) >= 11 is 5.85. The summed E-state index contributed by atoms with van der Waals surface area (Å²) in [7, 11) is 0. The Morgan fingerprint density at radius 1 is 1.35 bits per heavy atom. The molecular weight excluding hydrogens is 367 g/mol. The molecule has 0 atom stereocenters. The normalized spacial score (nSPS) is 13.2. The minimum absolute atomic E-state index is 0.0169. The molecular formula is C17H12ClFN2O5. The van der Waals surface area contributed by atoms with Crippen LogP contribution in [0.5, 0.6) is 5.75 Å². The molecule has 1 aliphatic rings. The number of hydrogen-bond acceptors (Lipinski definition) is 5. The number of hydrogen-bond donors (Lipinski definition) is 1. The minimum atomic E-state index is -0.537. The van der Waals surface area contributed by atoms with Crippen molar-refractivity contribution in [3.05, 3.63) is 68.5 Å². The first-order valence-corrected chi connectivity index (χ1v) is 7.78. The number of fused-ring (bicyclic) bond motifs is 1. The van der Waals surface area contributed by atoms with Gasteiger partial charge in [0.25, 0.3) is 5.69 Å². The van der Waals surface area contributed by atoms with Crippen molar-refractivity contribution in [2.45, 2.75) is 6.61 Å². The van der Waals surface area contributed by atoms with Gasteiger partial charge < -0.3 is 14.8 Å². The maximum absolute atomic E-state index is 13.0. The van der Waals surface area contributed by atoms with Crippen molar-refractivity contribution < 1.29 is 23.6 Å². The van der Waals surface area contributed by atoms with Gasteiger partial charge in [0.05, 0.1) is 22.2 Å². The quantitative estimate of drug-likeness (QED) is 0.495. The summed E-state index contributed by atoms with van der Waals surface area (Å²) in [6.07, 6.45) is 2.57. The number of carbonyl (C=O) groups excluding carboxylic acids is 1. The lowest BCUT2D eigenvalue weighted by Gasteiger charge is -2.19. The van der Waals surface area contributed by atoms with E-state index in [0.29, 0.717) is 16.9 Å². The Balaban J connectivity index is 1.84. The smallest absolute Gasteiger partial charge is 0.270 e. The van der Waals surface area contributed by atoms with Gasteiger partial charge in [0.2, 0.25) is 5.91 Å². The first-order chi connectivity index (χ1) is 12.4. The number of ether oxygens (including phenoxy) is 2. The van der Waals surface area contributed by atoms with E-state index in [1.807, 2.05) is 0 Å². The zero-order valence-corrected chi connectivity index (χ0v) is 14.0. The molecule has 0 aliphatic carbocycles. The highest BCUT2D eigenvalue weighted by molar-refractivity contribution is 6.33. The van der Waals surface area contributed by atoms with E-state index in [1.165, 1.54) is 30.4 Å². The standard InChI is InChI=1S/C17H12ClFN2O5/c18-14-7-12(19)2-3-15(14)20-16(22)4-1-10-5-13(21(23)24)6-11-8-25-9-26-17(10)11/h1-7H,8-9H2,(H,20,22)/b4-1+. The second kappa shape index (κ2) is 7.51. The second-order valence-electron chi connectivity index (χ2n) is 5.34. The Hall–Kier alpha value is -2.97. The van der Waals surface area contributed by atoms with Crippen molar-refractivity contribution in [1.82, 2.24) is 0 Å². The van der Waals surface area contributed by atoms with Gasteiger partial charge in [0, 0.05) is 29.3 Å². The molecule has 0 spiro atoms. The van der Waals surface area contributed by atoms with Crippen molar-refractivity contribution in [2.24, 2.45) is 0 Å². The lowest BCUT2D eigenvalue weighted by molar-refractivity contribution is -0.385. The average molecular weight is 379 g/mol. The third kappa shape index (κ3) is 3.98. The summed E-state index contributed by atoms with van der Waals surface area (Å²) in [5.41, 5.74) is 0.998. The molecule has 7 nitrogen and oxygen atoms in total. The topological polar surface area (TPSA) is 90.7 Å². The highest BCUT2D eigenvalue weighted by Crippen LogP contribution is 2.33. The molecule has 1 N–H and O–H groups in total. The van der Waals surface area contributed by atoms with Gasteiger partial charge in [-0.05, 0) is 24.3 Å². The number of non-ortho nitro benzene ring substituents is 1. The van der Waals surface area contributed by atoms with Crippen LogP contribution in [0.4, 0.5) is 15.8 Å². The molecule has 0 bridgehead atoms. The van der Waals surface area contributed by atoms with E-state index >= 15 is 0 Å². The Morgan fingerprint density at radius 3 is 2.88 bits per heavy atom. The summed E-state index contributed by atoms with van der Waals surface area (Å²) < 4.78 is 23.5. The number of nitro benzene ring substituents is 1. The summed E-state index contributed by atoms with van der Waals surface area (Å²) in [5, 5.41) is 13.6. The number of carbonyl (C=O) groups is 1. The van der Waals surface area contributed by atoms with Crippen LogP contribution < -0.4 is 10.1 Å². The highest BCUT2D eigenvalue weighted by atomic mass is 35.5. The van der Waals surface area contributed by atoms with E-state index in [4.69, 9.17) is 21.1 Å². The van der Waals surface area contributed by atoms with E-state index in [1.54, 1.807) is 0 Å². The molecule has 134 valence electrons. The van der Waals surface area contributed by atoms with Crippen LogP contribution >= 0.6 is 11.6 Å². The molecule has 3 rings (SSSR count). The summed E-state index contributed by atoms with van der Waals surface area (Å²) in [5.74, 6) is -0.636. The molecule has 26 heavy (non-hydrogen) atoms. The van der Waals surface area contributed by atoms with Gasteiger partial charge in [-0.15, -0.1) is 0 Å². The van der Waals surface area contributed by atoms with E-state index in [0.717, 1.165) is 12.1 Å². The molecule has 0 saturated heterocycles. The zero-order valence-electron chi connectivity index (χ0n) is 13.2. The monoisotopic (exact) mass is 378 g/mol. The first-order valence-electron chi connectivity index (χ1n) is 7.40. The SMILES string of the molecule is O=C(/C=C/c1cc([N+](=O)[O-])cc2c1OCOC2)Nc1ccc(F)cc1Cl. The van der Waals surface area contributed by atoms with Crippen LogP contribution in [0, 0.1) is 15.9 Å². The van der Waals surface area contributed by atoms with E-state index in [-0.39, 0.29) is 29.8 Å². The van der Waals surface area contributed by atoms with E-state index in [2.05, 4.69) is 5.32 Å². The lowest BCUT2D eigenvalue weighted by Crippen LogP contribution is -2.13. The van der Waals surface area contributed by atoms with Crippen LogP contribution in [0.3, 0.4) is 0 Å². The Labute approximate surface area is 152 Å². The van der Waals surface area contributed by atoms with Gasteiger partial charge in [0.15, 0.2) is 6.79 Å². The third-order valence-electron chi connectivity index (χ3n) is 3.54. The molecule has 0 fully saturated rings. The maximum Gasteiger partial charge on any atom is 0.270 e. The van der Waals surface area contributed by atoms with Crippen LogP contribution in [-0.4, -0.2) is 17.6 Å². The van der Waals surface area contributed by atoms with Crippen molar-refractivity contribution >= 4 is 35.0 Å². The molecule has 1 amide bonds. The number of nitrogens with one attached hydrogen (secondary N) is 1. The summed E-state index contributed by atoms with van der Waals surface area (Å²) in [4.78, 5) is 22.6. The van der Waals surface area contributed by atoms with Crippen molar-refractivity contribution in [2.75, 3.05) is 12.1 Å². The molecule has 0 saturated carbocycles. The van der Waals surface area contributed by atoms with Crippen LogP contribution in [0.15, 0.2) is 36.4 Å². The first kappa shape index (κ1) is 17.8. The Kier molecular flexibility index (Phi) is 5.15. The van der Waals surface area contributed by atoms with Gasteiger partial charge in [-0.3, -0.25) is 14.9 Å². The predicted molar refractivity (Wildman–Crippen MR) is 92.5 cm³/mol. The van der Waals surface area contributed by atoms with Crippen LogP contribution in [0.2, 0.25) is 5.02 Å². The number of nitrogens with zero attached hydrogens (tertiary/aromatic N) is 1. The summed E-state index contributed by atoms with van der Waals surface area (Å²) in [6, 6.07) is 6.24. The van der Waals surface area contributed by atoms with Crippen molar-refractivity contribution in [1.29, 1.82) is 0 Å². The largest absolute Gasteiger partial charge is 0.467 e. The summed E-state index contributed by atoms with van der Waals surface area (Å²) in [6.45, 7) is 0.193. The molecule has 0 aromatic heterocycles. The molecule has 2 aromatic carbocycles. The Bertz CT molecular complexity index is 916. The van der Waals surface area contributed by atoms with E-state index < -0.39 is 16.6 Å². The minimum Gasteiger partial charge on any atom is -0.467 e. The number of rotatable bonds is 4. The number of halogens is 2. The van der Waals surface area contributed by atoms with E-state index in [9.17, 15) is 19.3 Å². The lowest BCUT2D eigenvalue weighted by atomic mass is 10.1. The second-order valence-corrected chi connectivity index (χ2v) is 5.74. The molecule has 9 heteroatoms. The van der Waals surface area contributed by atoms with Crippen LogP contribution in [0.1, 0.15) is 11.1 Å². The van der Waals surface area contributed by atoms with Crippen LogP contribution in [-0.2, 0) is 16.1 Å². The fourth-order valence-corrected chi connectivity index (χ4v) is 2.61. The number of amides is 1. The molecule has 1 heterocycles. The van der Waals surface area contributed by atoms with Gasteiger partial charge in [-0.25, -0.2) is 4.39 Å². The van der Waals surface area contributed by atoms with Gasteiger partial charge >= 0.3 is 0 Å². The third-order valence-corrected chi connectivity index (χ3v) is 3.85. The van der Waals surface area contributed by atoms with Crippen LogP contribution in [0.25, 0.3) is 6.08 Å². The Morgan fingerprint density at radius 2 is 2.15 bits per heavy atom. The fourth-order valence-electron chi connectivity index (χ4n) is 2.39. The van der Waals surface area contributed by atoms with Gasteiger partial charge in [-0.2, -0.15) is 0 Å². The van der Waals surface area contributed by atoms with Gasteiger partial charge in [0.1, 0.15) is 11.6 Å². The molecule has 2 aromatic rings. The highest BCUT2D eigenvalue weighted by Gasteiger charge is 2.19. The molecule has 0 unspecified atom stereocenters. The van der Waals surface area contributed by atoms with Crippen molar-refractivity contribution in [3.8, 4) is 5.75 Å². The maximum atomic E-state index is 13.0. The van der Waals surface area contributed by atoms with Gasteiger partial charge in [-0.1, -0.05) is 11.6 Å². The number of benzene rings is 2.